The van der Waals surface area contributed by atoms with Gasteiger partial charge in [0.2, 0.25) is 0 Å². The van der Waals surface area contributed by atoms with Crippen molar-refractivity contribution >= 4 is 11.8 Å². The fourth-order valence-corrected chi connectivity index (χ4v) is 4.80. The lowest BCUT2D eigenvalue weighted by Gasteiger charge is -2.44. The SMILES string of the molecule is COc1ccc(C(=O)O[C@@H]2C=C(C)CC[C@@]3(O)[C@@H](C(C)C)CC(=O)[C@]23C)cc1. The molecule has 28 heavy (non-hydrogen) atoms. The summed E-state index contributed by atoms with van der Waals surface area (Å²) in [5.41, 5.74) is -0.944. The predicted octanol–water partition coefficient (Wildman–Crippen LogP) is 3.94. The van der Waals surface area contributed by atoms with Crippen LogP contribution in [0.25, 0.3) is 0 Å². The molecule has 0 amide bonds. The average Bonchev–Trinajstić information content (AvgIpc) is 2.82. The van der Waals surface area contributed by atoms with Crippen LogP contribution in [0.1, 0.15) is 57.3 Å². The number of esters is 1. The summed E-state index contributed by atoms with van der Waals surface area (Å²) in [6, 6.07) is 6.66. The van der Waals surface area contributed by atoms with E-state index < -0.39 is 23.1 Å². The first-order valence-corrected chi connectivity index (χ1v) is 9.91. The van der Waals surface area contributed by atoms with Crippen LogP contribution in [0.3, 0.4) is 0 Å². The topological polar surface area (TPSA) is 72.8 Å². The van der Waals surface area contributed by atoms with Crippen molar-refractivity contribution in [1.29, 1.82) is 0 Å². The number of fused-ring (bicyclic) bond motifs is 1. The molecule has 0 saturated heterocycles. The predicted molar refractivity (Wildman–Crippen MR) is 106 cm³/mol. The molecule has 4 atom stereocenters. The van der Waals surface area contributed by atoms with E-state index in [1.54, 1.807) is 38.3 Å². The number of rotatable bonds is 4. The lowest BCUT2D eigenvalue weighted by Crippen LogP contribution is -2.56. The minimum Gasteiger partial charge on any atom is -0.497 e. The van der Waals surface area contributed by atoms with Crippen molar-refractivity contribution < 1.29 is 24.2 Å². The third kappa shape index (κ3) is 3.16. The maximum atomic E-state index is 13.1. The monoisotopic (exact) mass is 386 g/mol. The van der Waals surface area contributed by atoms with E-state index in [1.807, 2.05) is 26.8 Å². The molecule has 0 unspecified atom stereocenters. The van der Waals surface area contributed by atoms with Gasteiger partial charge in [0.15, 0.2) is 0 Å². The van der Waals surface area contributed by atoms with Gasteiger partial charge in [-0.3, -0.25) is 4.79 Å². The van der Waals surface area contributed by atoms with Crippen molar-refractivity contribution in [2.24, 2.45) is 17.3 Å². The molecule has 1 fully saturated rings. The molecule has 1 aromatic carbocycles. The molecule has 1 N–H and O–H groups in total. The van der Waals surface area contributed by atoms with E-state index in [0.29, 0.717) is 30.6 Å². The first-order chi connectivity index (χ1) is 13.1. The molecule has 0 heterocycles. The third-order valence-electron chi connectivity index (χ3n) is 6.77. The Morgan fingerprint density at radius 1 is 1.25 bits per heavy atom. The lowest BCUT2D eigenvalue weighted by molar-refractivity contribution is -0.155. The smallest absolute Gasteiger partial charge is 0.338 e. The van der Waals surface area contributed by atoms with E-state index in [4.69, 9.17) is 9.47 Å². The molecule has 1 aromatic rings. The summed E-state index contributed by atoms with van der Waals surface area (Å²) in [5.74, 6) is 0.114. The zero-order valence-corrected chi connectivity index (χ0v) is 17.3. The number of ether oxygens (including phenoxy) is 2. The van der Waals surface area contributed by atoms with Crippen LogP contribution in [-0.4, -0.2) is 35.7 Å². The van der Waals surface area contributed by atoms with E-state index >= 15 is 0 Å². The lowest BCUT2D eigenvalue weighted by atomic mass is 9.65. The molecular weight excluding hydrogens is 356 g/mol. The van der Waals surface area contributed by atoms with Crippen LogP contribution in [0.2, 0.25) is 0 Å². The van der Waals surface area contributed by atoms with Crippen molar-refractivity contribution in [2.75, 3.05) is 7.11 Å². The molecule has 0 aliphatic heterocycles. The molecule has 5 nitrogen and oxygen atoms in total. The molecule has 2 aliphatic rings. The van der Waals surface area contributed by atoms with E-state index in [0.717, 1.165) is 5.57 Å². The van der Waals surface area contributed by atoms with Gasteiger partial charge in [0.05, 0.1) is 23.7 Å². The second kappa shape index (κ2) is 7.36. The Labute approximate surface area is 166 Å². The van der Waals surface area contributed by atoms with Crippen LogP contribution in [0.4, 0.5) is 0 Å². The summed E-state index contributed by atoms with van der Waals surface area (Å²) in [6.45, 7) is 7.78. The number of aliphatic hydroxyl groups is 1. The van der Waals surface area contributed by atoms with Crippen LogP contribution in [0, 0.1) is 17.3 Å². The highest BCUT2D eigenvalue weighted by Gasteiger charge is 2.66. The highest BCUT2D eigenvalue weighted by molar-refractivity contribution is 5.93. The maximum Gasteiger partial charge on any atom is 0.338 e. The Kier molecular flexibility index (Phi) is 5.41. The quantitative estimate of drug-likeness (QED) is 0.627. The minimum atomic E-state index is -1.20. The van der Waals surface area contributed by atoms with Crippen molar-refractivity contribution in [3.63, 3.8) is 0 Å². The number of hydrogen-bond donors (Lipinski definition) is 1. The second-order valence-electron chi connectivity index (χ2n) is 8.67. The zero-order chi connectivity index (χ0) is 20.7. The standard InChI is InChI=1S/C23H30O5/c1-14(2)18-13-19(24)22(4)20(12-15(3)10-11-23(18,22)26)28-21(25)16-6-8-17(27-5)9-7-16/h6-9,12,14,18,20,26H,10-11,13H2,1-5H3/t18-,20-,22-,23-/m1/s1. The number of Topliss-reactive ketones (excluding diaryl/α,β-unsaturated/α-hetero) is 1. The highest BCUT2D eigenvalue weighted by Crippen LogP contribution is 2.56. The Morgan fingerprint density at radius 2 is 1.89 bits per heavy atom. The number of methoxy groups -OCH3 is 1. The van der Waals surface area contributed by atoms with Gasteiger partial charge in [-0.1, -0.05) is 19.4 Å². The van der Waals surface area contributed by atoms with Gasteiger partial charge in [0.25, 0.3) is 0 Å². The third-order valence-corrected chi connectivity index (χ3v) is 6.77. The molecule has 0 bridgehead atoms. The van der Waals surface area contributed by atoms with E-state index in [-0.39, 0.29) is 17.6 Å². The molecule has 0 spiro atoms. The Balaban J connectivity index is 1.96. The number of allylic oxidation sites excluding steroid dienone is 1. The highest BCUT2D eigenvalue weighted by atomic mass is 16.5. The summed E-state index contributed by atoms with van der Waals surface area (Å²) in [4.78, 5) is 25.9. The van der Waals surface area contributed by atoms with Crippen molar-refractivity contribution in [3.05, 3.63) is 41.5 Å². The number of ketones is 1. The maximum absolute atomic E-state index is 13.1. The number of benzene rings is 1. The largest absolute Gasteiger partial charge is 0.497 e. The Bertz CT molecular complexity index is 794. The summed E-state index contributed by atoms with van der Waals surface area (Å²) >= 11 is 0. The molecule has 0 aromatic heterocycles. The first kappa shape index (κ1) is 20.6. The normalized spacial score (nSPS) is 32.5. The Hall–Kier alpha value is -2.14. The summed E-state index contributed by atoms with van der Waals surface area (Å²) < 4.78 is 11.0. The molecule has 1 saturated carbocycles. The van der Waals surface area contributed by atoms with E-state index in [1.165, 1.54) is 0 Å². The molecular formula is C23H30O5. The molecule has 2 aliphatic carbocycles. The average molecular weight is 386 g/mol. The van der Waals surface area contributed by atoms with E-state index in [2.05, 4.69) is 0 Å². The minimum absolute atomic E-state index is 0.0350. The van der Waals surface area contributed by atoms with Gasteiger partial charge in [0.1, 0.15) is 17.6 Å². The van der Waals surface area contributed by atoms with Crippen LogP contribution >= 0.6 is 0 Å². The van der Waals surface area contributed by atoms with Crippen LogP contribution in [0.15, 0.2) is 35.9 Å². The summed E-state index contributed by atoms with van der Waals surface area (Å²) in [5, 5.41) is 11.7. The molecule has 5 heteroatoms. The van der Waals surface area contributed by atoms with Crippen LogP contribution in [0.5, 0.6) is 5.75 Å². The number of carbonyl (C=O) groups is 2. The fourth-order valence-electron chi connectivity index (χ4n) is 4.80. The second-order valence-corrected chi connectivity index (χ2v) is 8.67. The van der Waals surface area contributed by atoms with Gasteiger partial charge in [-0.05, 0) is 68.9 Å². The molecule has 3 rings (SSSR count). The van der Waals surface area contributed by atoms with Crippen molar-refractivity contribution in [2.45, 2.75) is 58.7 Å². The summed E-state index contributed by atoms with van der Waals surface area (Å²) in [7, 11) is 1.56. The van der Waals surface area contributed by atoms with Gasteiger partial charge in [-0.15, -0.1) is 0 Å². The van der Waals surface area contributed by atoms with Gasteiger partial charge < -0.3 is 14.6 Å². The number of hydrogen-bond acceptors (Lipinski definition) is 5. The zero-order valence-electron chi connectivity index (χ0n) is 17.3. The van der Waals surface area contributed by atoms with Gasteiger partial charge >= 0.3 is 5.97 Å². The molecule has 0 radical (unpaired) electrons. The van der Waals surface area contributed by atoms with Crippen molar-refractivity contribution in [3.8, 4) is 5.75 Å². The van der Waals surface area contributed by atoms with Crippen LogP contribution < -0.4 is 4.74 Å². The first-order valence-electron chi connectivity index (χ1n) is 9.91. The number of carbonyl (C=O) groups excluding carboxylic acids is 2. The van der Waals surface area contributed by atoms with Gasteiger partial charge in [0, 0.05) is 6.42 Å². The summed E-state index contributed by atoms with van der Waals surface area (Å²) in [6.07, 6.45) is 2.54. The fraction of sp³-hybridized carbons (Fsp3) is 0.565. The van der Waals surface area contributed by atoms with Crippen LogP contribution in [-0.2, 0) is 9.53 Å². The van der Waals surface area contributed by atoms with E-state index in [9.17, 15) is 14.7 Å². The Morgan fingerprint density at radius 3 is 2.46 bits per heavy atom. The van der Waals surface area contributed by atoms with Gasteiger partial charge in [-0.2, -0.15) is 0 Å². The molecule has 152 valence electrons. The van der Waals surface area contributed by atoms with Crippen molar-refractivity contribution in [1.82, 2.24) is 0 Å². The van der Waals surface area contributed by atoms with Gasteiger partial charge in [-0.25, -0.2) is 4.79 Å².